The van der Waals surface area contributed by atoms with Crippen LogP contribution < -0.4 is 0 Å². The molecule has 13 heavy (non-hydrogen) atoms. The van der Waals surface area contributed by atoms with Gasteiger partial charge in [0.25, 0.3) is 0 Å². The fourth-order valence-corrected chi connectivity index (χ4v) is 0.854. The summed E-state index contributed by atoms with van der Waals surface area (Å²) in [4.78, 5) is 10.5. The van der Waals surface area contributed by atoms with Gasteiger partial charge < -0.3 is 0 Å². The molecule has 68 valence electrons. The third-order valence-electron chi connectivity index (χ3n) is 1.55. The summed E-state index contributed by atoms with van der Waals surface area (Å²) in [6.07, 6.45) is 1.59. The van der Waals surface area contributed by atoms with Crippen LogP contribution in [-0.4, -0.2) is 9.97 Å². The van der Waals surface area contributed by atoms with Crippen LogP contribution in [0.15, 0.2) is 17.4 Å². The van der Waals surface area contributed by atoms with E-state index in [0.29, 0.717) is 0 Å². The zero-order valence-corrected chi connectivity index (χ0v) is 7.89. The zero-order valence-electron chi connectivity index (χ0n) is 7.89. The number of nitrogens with zero attached hydrogens (tertiary/aromatic N) is 5. The quantitative estimate of drug-likeness (QED) is 0.375. The second-order valence-corrected chi connectivity index (χ2v) is 3.68. The Bertz CT molecular complexity index is 346. The predicted molar refractivity (Wildman–Crippen MR) is 49.5 cm³/mol. The Morgan fingerprint density at radius 2 is 2.15 bits per heavy atom. The highest BCUT2D eigenvalue weighted by Crippen LogP contribution is 2.20. The van der Waals surface area contributed by atoms with Gasteiger partial charge in [-0.2, -0.15) is 0 Å². The molecule has 1 heterocycles. The van der Waals surface area contributed by atoms with Crippen LogP contribution in [0.3, 0.4) is 0 Å². The normalized spacial score (nSPS) is 10.7. The van der Waals surface area contributed by atoms with Crippen LogP contribution >= 0.6 is 0 Å². The molecule has 0 atom stereocenters. The molecule has 0 saturated carbocycles. The van der Waals surface area contributed by atoms with Crippen molar-refractivity contribution in [1.29, 1.82) is 0 Å². The van der Waals surface area contributed by atoms with Crippen LogP contribution in [0.1, 0.15) is 26.5 Å². The maximum Gasteiger partial charge on any atom is 0.216 e. The van der Waals surface area contributed by atoms with E-state index in [1.165, 1.54) is 0 Å². The second-order valence-electron chi connectivity index (χ2n) is 3.68. The average molecular weight is 177 g/mol. The molecule has 0 fully saturated rings. The minimum absolute atomic E-state index is 0.0529. The van der Waals surface area contributed by atoms with E-state index in [0.717, 1.165) is 5.69 Å². The molecule has 0 aliphatic carbocycles. The number of aromatic nitrogens is 2. The van der Waals surface area contributed by atoms with Gasteiger partial charge in [-0.05, 0) is 16.7 Å². The Labute approximate surface area is 76.5 Å². The third kappa shape index (κ3) is 2.42. The number of hydrogen-bond donors (Lipinski definition) is 0. The molecule has 0 spiro atoms. The summed E-state index contributed by atoms with van der Waals surface area (Å²) in [6.45, 7) is 6.11. The second kappa shape index (κ2) is 3.41. The SMILES string of the molecule is CC(C)(C)c1ccnc(N=[N+]=[N-])n1. The molecule has 1 aromatic heterocycles. The van der Waals surface area contributed by atoms with Gasteiger partial charge in [-0.25, -0.2) is 9.97 Å². The van der Waals surface area contributed by atoms with E-state index in [1.807, 2.05) is 26.8 Å². The summed E-state index contributed by atoms with van der Waals surface area (Å²) in [6, 6.07) is 1.82. The van der Waals surface area contributed by atoms with Crippen molar-refractivity contribution in [3.63, 3.8) is 0 Å². The van der Waals surface area contributed by atoms with E-state index in [-0.39, 0.29) is 11.4 Å². The highest BCUT2D eigenvalue weighted by molar-refractivity contribution is 5.20. The van der Waals surface area contributed by atoms with Crippen LogP contribution in [0.25, 0.3) is 10.4 Å². The van der Waals surface area contributed by atoms with E-state index in [9.17, 15) is 0 Å². The smallest absolute Gasteiger partial charge is 0.216 e. The number of azide groups is 1. The Morgan fingerprint density at radius 3 is 2.69 bits per heavy atom. The van der Waals surface area contributed by atoms with Crippen molar-refractivity contribution in [3.8, 4) is 0 Å². The molecule has 0 aromatic carbocycles. The molecule has 0 aliphatic rings. The van der Waals surface area contributed by atoms with Crippen molar-refractivity contribution >= 4 is 5.95 Å². The van der Waals surface area contributed by atoms with Gasteiger partial charge in [0.15, 0.2) is 0 Å². The highest BCUT2D eigenvalue weighted by atomic mass is 15.2. The lowest BCUT2D eigenvalue weighted by Gasteiger charge is -2.16. The molecular weight excluding hydrogens is 166 g/mol. The molecule has 0 radical (unpaired) electrons. The van der Waals surface area contributed by atoms with E-state index < -0.39 is 0 Å². The van der Waals surface area contributed by atoms with Gasteiger partial charge >= 0.3 is 0 Å². The fourth-order valence-electron chi connectivity index (χ4n) is 0.854. The lowest BCUT2D eigenvalue weighted by Crippen LogP contribution is -2.13. The van der Waals surface area contributed by atoms with Gasteiger partial charge in [0.1, 0.15) is 0 Å². The maximum absolute atomic E-state index is 8.19. The standard InChI is InChI=1S/C8H11N5/c1-8(2,3)6-4-5-10-7(11-6)12-13-9/h4-5H,1-3H3. The molecule has 5 heteroatoms. The molecule has 0 aliphatic heterocycles. The van der Waals surface area contributed by atoms with Crippen LogP contribution in [0, 0.1) is 0 Å². The summed E-state index contributed by atoms with van der Waals surface area (Å²) < 4.78 is 0. The molecule has 0 bridgehead atoms. The first-order valence-electron chi connectivity index (χ1n) is 3.92. The van der Waals surface area contributed by atoms with Crippen LogP contribution in [-0.2, 0) is 5.41 Å². The fraction of sp³-hybridized carbons (Fsp3) is 0.500. The minimum atomic E-state index is -0.0529. The van der Waals surface area contributed by atoms with E-state index in [1.54, 1.807) is 6.20 Å². The molecule has 1 rings (SSSR count). The first-order chi connectivity index (χ1) is 6.04. The third-order valence-corrected chi connectivity index (χ3v) is 1.55. The van der Waals surface area contributed by atoms with Gasteiger partial charge in [0, 0.05) is 22.2 Å². The molecule has 0 N–H and O–H groups in total. The van der Waals surface area contributed by atoms with Crippen molar-refractivity contribution in [3.05, 3.63) is 28.4 Å². The van der Waals surface area contributed by atoms with Gasteiger partial charge in [0.05, 0.1) is 0 Å². The number of hydrogen-bond acceptors (Lipinski definition) is 3. The molecule has 0 unspecified atom stereocenters. The lowest BCUT2D eigenvalue weighted by atomic mass is 9.92. The Hall–Kier alpha value is -1.61. The van der Waals surface area contributed by atoms with E-state index in [4.69, 9.17) is 5.53 Å². The van der Waals surface area contributed by atoms with Crippen molar-refractivity contribution in [2.75, 3.05) is 0 Å². The van der Waals surface area contributed by atoms with Crippen LogP contribution in [0.4, 0.5) is 5.95 Å². The van der Waals surface area contributed by atoms with E-state index in [2.05, 4.69) is 20.0 Å². The van der Waals surface area contributed by atoms with Crippen molar-refractivity contribution in [2.45, 2.75) is 26.2 Å². The predicted octanol–water partition coefficient (Wildman–Crippen LogP) is 2.72. The highest BCUT2D eigenvalue weighted by Gasteiger charge is 2.15. The monoisotopic (exact) mass is 177 g/mol. The van der Waals surface area contributed by atoms with Crippen molar-refractivity contribution < 1.29 is 0 Å². The number of rotatable bonds is 1. The van der Waals surface area contributed by atoms with Crippen molar-refractivity contribution in [2.24, 2.45) is 5.11 Å². The first-order valence-corrected chi connectivity index (χ1v) is 3.92. The maximum atomic E-state index is 8.19. The first kappa shape index (κ1) is 9.48. The Morgan fingerprint density at radius 1 is 1.46 bits per heavy atom. The molecule has 0 amide bonds. The molecular formula is C8H11N5. The summed E-state index contributed by atoms with van der Waals surface area (Å²) in [7, 11) is 0. The van der Waals surface area contributed by atoms with Gasteiger partial charge in [-0.15, -0.1) is 0 Å². The topological polar surface area (TPSA) is 74.5 Å². The van der Waals surface area contributed by atoms with Crippen LogP contribution in [0.5, 0.6) is 0 Å². The van der Waals surface area contributed by atoms with Gasteiger partial charge in [-0.1, -0.05) is 20.8 Å². The zero-order chi connectivity index (χ0) is 9.90. The summed E-state index contributed by atoms with van der Waals surface area (Å²) in [5.41, 5.74) is 9.00. The molecule has 5 nitrogen and oxygen atoms in total. The molecule has 1 aromatic rings. The summed E-state index contributed by atoms with van der Waals surface area (Å²) in [5.74, 6) is 0.176. The Kier molecular flexibility index (Phi) is 2.49. The van der Waals surface area contributed by atoms with Crippen molar-refractivity contribution in [1.82, 2.24) is 9.97 Å². The van der Waals surface area contributed by atoms with Crippen LogP contribution in [0.2, 0.25) is 0 Å². The lowest BCUT2D eigenvalue weighted by molar-refractivity contribution is 0.567. The van der Waals surface area contributed by atoms with Gasteiger partial charge in [-0.3, -0.25) is 0 Å². The summed E-state index contributed by atoms with van der Waals surface area (Å²) in [5, 5.41) is 3.34. The van der Waals surface area contributed by atoms with Gasteiger partial charge in [0.2, 0.25) is 5.95 Å². The average Bonchev–Trinajstić information content (AvgIpc) is 2.04. The van der Waals surface area contributed by atoms with E-state index >= 15 is 0 Å². The Balaban J connectivity index is 3.12. The largest absolute Gasteiger partial charge is 0.235 e. The molecule has 0 saturated heterocycles. The minimum Gasteiger partial charge on any atom is -0.235 e. The summed E-state index contributed by atoms with van der Waals surface area (Å²) >= 11 is 0.